The highest BCUT2D eigenvalue weighted by atomic mass is 35.5. The van der Waals surface area contributed by atoms with E-state index in [1.807, 2.05) is 0 Å². The molecule has 0 saturated heterocycles. The van der Waals surface area contributed by atoms with Gasteiger partial charge >= 0.3 is 0 Å². The monoisotopic (exact) mass is 238 g/mol. The Labute approximate surface area is 105 Å². The van der Waals surface area contributed by atoms with E-state index in [2.05, 4.69) is 52.0 Å². The van der Waals surface area contributed by atoms with E-state index in [4.69, 9.17) is 11.6 Å². The van der Waals surface area contributed by atoms with Crippen LogP contribution >= 0.6 is 11.6 Å². The Hall–Kier alpha value is -0.490. The molecular formula is C15H23Cl. The van der Waals surface area contributed by atoms with Gasteiger partial charge < -0.3 is 0 Å². The highest BCUT2D eigenvalue weighted by Crippen LogP contribution is 2.31. The molecule has 0 heterocycles. The number of hydrogen-bond donors (Lipinski definition) is 0. The zero-order valence-electron chi connectivity index (χ0n) is 10.9. The molecule has 1 heteroatoms. The molecule has 0 radical (unpaired) electrons. The molecule has 1 unspecified atom stereocenters. The normalized spacial score (nSPS) is 13.8. The smallest absolute Gasteiger partial charge is 0.0292 e. The van der Waals surface area contributed by atoms with Crippen molar-refractivity contribution in [1.82, 2.24) is 0 Å². The molecule has 0 aromatic heterocycles. The summed E-state index contributed by atoms with van der Waals surface area (Å²) in [5, 5.41) is 0. The molecule has 16 heavy (non-hydrogen) atoms. The molecule has 1 rings (SSSR count). The van der Waals surface area contributed by atoms with Crippen molar-refractivity contribution in [3.63, 3.8) is 0 Å². The fraction of sp³-hybridized carbons (Fsp3) is 0.600. The summed E-state index contributed by atoms with van der Waals surface area (Å²) in [7, 11) is 0. The van der Waals surface area contributed by atoms with Crippen LogP contribution in [0.2, 0.25) is 0 Å². The molecule has 1 aromatic carbocycles. The summed E-state index contributed by atoms with van der Waals surface area (Å²) in [5.74, 6) is 1.23. The van der Waals surface area contributed by atoms with Crippen molar-refractivity contribution in [2.24, 2.45) is 5.41 Å². The molecule has 1 atom stereocenters. The first kappa shape index (κ1) is 13.6. The maximum absolute atomic E-state index is 6.10. The number of aryl methyl sites for hydroxylation is 1. The fourth-order valence-electron chi connectivity index (χ4n) is 1.97. The maximum atomic E-state index is 6.10. The van der Waals surface area contributed by atoms with Crippen LogP contribution in [0.25, 0.3) is 0 Å². The average Bonchev–Trinajstić information content (AvgIpc) is 2.20. The van der Waals surface area contributed by atoms with Crippen LogP contribution in [-0.2, 0) is 0 Å². The lowest BCUT2D eigenvalue weighted by Gasteiger charge is -2.23. The topological polar surface area (TPSA) is 0 Å². The van der Waals surface area contributed by atoms with Crippen molar-refractivity contribution in [1.29, 1.82) is 0 Å². The fourth-order valence-corrected chi connectivity index (χ4v) is 2.29. The molecule has 0 amide bonds. The molecule has 90 valence electrons. The van der Waals surface area contributed by atoms with Gasteiger partial charge in [-0.25, -0.2) is 0 Å². The van der Waals surface area contributed by atoms with E-state index in [-0.39, 0.29) is 0 Å². The third-order valence-electron chi connectivity index (χ3n) is 3.06. The number of hydrogen-bond acceptors (Lipinski definition) is 0. The summed E-state index contributed by atoms with van der Waals surface area (Å²) in [6, 6.07) is 8.59. The molecule has 0 spiro atoms. The number of rotatable bonds is 4. The highest BCUT2D eigenvalue weighted by molar-refractivity contribution is 6.18. The standard InChI is InChI=1S/C15H23Cl/c1-12-7-5-6-8-14(12)13(11-16)9-10-15(2,3)4/h5-8,13H,9-11H2,1-4H3. The first-order valence-corrected chi connectivity index (χ1v) is 6.59. The van der Waals surface area contributed by atoms with Crippen LogP contribution in [0.3, 0.4) is 0 Å². The Morgan fingerprint density at radius 1 is 1.19 bits per heavy atom. The molecular weight excluding hydrogens is 216 g/mol. The lowest BCUT2D eigenvalue weighted by atomic mass is 9.84. The lowest BCUT2D eigenvalue weighted by molar-refractivity contribution is 0.353. The third kappa shape index (κ3) is 4.17. The lowest BCUT2D eigenvalue weighted by Crippen LogP contribution is -2.10. The molecule has 0 aliphatic rings. The first-order valence-electron chi connectivity index (χ1n) is 6.05. The number of benzene rings is 1. The SMILES string of the molecule is Cc1ccccc1C(CCl)CCC(C)(C)C. The van der Waals surface area contributed by atoms with Gasteiger partial charge in [0.15, 0.2) is 0 Å². The number of alkyl halides is 1. The minimum Gasteiger partial charge on any atom is -0.126 e. The summed E-state index contributed by atoms with van der Waals surface area (Å²) < 4.78 is 0. The van der Waals surface area contributed by atoms with Crippen molar-refractivity contribution in [3.8, 4) is 0 Å². The van der Waals surface area contributed by atoms with E-state index in [0.717, 1.165) is 5.88 Å². The van der Waals surface area contributed by atoms with Gasteiger partial charge in [-0.3, -0.25) is 0 Å². The Morgan fingerprint density at radius 2 is 1.81 bits per heavy atom. The molecule has 0 N–H and O–H groups in total. The average molecular weight is 239 g/mol. The van der Waals surface area contributed by atoms with Crippen LogP contribution in [0.5, 0.6) is 0 Å². The van der Waals surface area contributed by atoms with Crippen LogP contribution in [-0.4, -0.2) is 5.88 Å². The van der Waals surface area contributed by atoms with E-state index in [1.54, 1.807) is 0 Å². The van der Waals surface area contributed by atoms with Crippen LogP contribution < -0.4 is 0 Å². The van der Waals surface area contributed by atoms with Gasteiger partial charge in [0.2, 0.25) is 0 Å². The van der Waals surface area contributed by atoms with Crippen molar-refractivity contribution in [2.75, 3.05) is 5.88 Å². The second-order valence-electron chi connectivity index (χ2n) is 5.81. The Morgan fingerprint density at radius 3 is 2.31 bits per heavy atom. The van der Waals surface area contributed by atoms with E-state index in [9.17, 15) is 0 Å². The molecule has 1 aromatic rings. The van der Waals surface area contributed by atoms with Crippen molar-refractivity contribution in [3.05, 3.63) is 35.4 Å². The predicted molar refractivity (Wildman–Crippen MR) is 73.3 cm³/mol. The van der Waals surface area contributed by atoms with Crippen molar-refractivity contribution >= 4 is 11.6 Å². The molecule has 0 fully saturated rings. The molecule has 0 aliphatic heterocycles. The van der Waals surface area contributed by atoms with E-state index in [0.29, 0.717) is 11.3 Å². The largest absolute Gasteiger partial charge is 0.126 e. The molecule has 0 aliphatic carbocycles. The summed E-state index contributed by atoms with van der Waals surface area (Å²) in [5.41, 5.74) is 3.18. The van der Waals surface area contributed by atoms with E-state index in [1.165, 1.54) is 24.0 Å². The minimum atomic E-state index is 0.396. The van der Waals surface area contributed by atoms with Gasteiger partial charge in [-0.05, 0) is 42.2 Å². The Kier molecular flexibility index (Phi) is 4.86. The Balaban J connectivity index is 2.72. The molecule has 0 bridgehead atoms. The summed E-state index contributed by atoms with van der Waals surface area (Å²) in [6.45, 7) is 9.04. The third-order valence-corrected chi connectivity index (χ3v) is 3.43. The maximum Gasteiger partial charge on any atom is 0.0292 e. The van der Waals surface area contributed by atoms with Gasteiger partial charge in [0, 0.05) is 5.88 Å². The highest BCUT2D eigenvalue weighted by Gasteiger charge is 2.17. The summed E-state index contributed by atoms with van der Waals surface area (Å²) in [4.78, 5) is 0. The minimum absolute atomic E-state index is 0.396. The van der Waals surface area contributed by atoms with E-state index >= 15 is 0 Å². The van der Waals surface area contributed by atoms with Gasteiger partial charge in [0.25, 0.3) is 0 Å². The van der Waals surface area contributed by atoms with E-state index < -0.39 is 0 Å². The second-order valence-corrected chi connectivity index (χ2v) is 6.12. The zero-order valence-corrected chi connectivity index (χ0v) is 11.6. The van der Waals surface area contributed by atoms with Crippen LogP contribution in [0.4, 0.5) is 0 Å². The van der Waals surface area contributed by atoms with Gasteiger partial charge in [0.05, 0.1) is 0 Å². The predicted octanol–water partition coefficient (Wildman–Crippen LogP) is 5.14. The van der Waals surface area contributed by atoms with Crippen molar-refractivity contribution < 1.29 is 0 Å². The van der Waals surface area contributed by atoms with Gasteiger partial charge in [-0.1, -0.05) is 45.0 Å². The van der Waals surface area contributed by atoms with Gasteiger partial charge in [0.1, 0.15) is 0 Å². The number of halogens is 1. The Bertz CT molecular complexity index is 322. The summed E-state index contributed by atoms with van der Waals surface area (Å²) in [6.07, 6.45) is 2.40. The zero-order chi connectivity index (χ0) is 12.2. The first-order chi connectivity index (χ1) is 7.44. The second kappa shape index (κ2) is 5.72. The summed E-state index contributed by atoms with van der Waals surface area (Å²) >= 11 is 6.10. The van der Waals surface area contributed by atoms with Gasteiger partial charge in [-0.2, -0.15) is 0 Å². The van der Waals surface area contributed by atoms with Crippen molar-refractivity contribution in [2.45, 2.75) is 46.5 Å². The van der Waals surface area contributed by atoms with Crippen LogP contribution in [0.15, 0.2) is 24.3 Å². The quantitative estimate of drug-likeness (QED) is 0.637. The van der Waals surface area contributed by atoms with Gasteiger partial charge in [-0.15, -0.1) is 11.6 Å². The van der Waals surface area contributed by atoms with Crippen LogP contribution in [0, 0.1) is 12.3 Å². The molecule has 0 nitrogen and oxygen atoms in total. The molecule has 0 saturated carbocycles. The van der Waals surface area contributed by atoms with Crippen LogP contribution in [0.1, 0.15) is 50.7 Å².